The molecule has 0 aliphatic heterocycles. The molecule has 148 valence electrons. The van der Waals surface area contributed by atoms with Gasteiger partial charge < -0.3 is 10.6 Å². The van der Waals surface area contributed by atoms with Crippen LogP contribution >= 0.6 is 0 Å². The van der Waals surface area contributed by atoms with Gasteiger partial charge in [0.25, 0.3) is 0 Å². The first kappa shape index (κ1) is 19.8. The minimum atomic E-state index is -3.47. The number of rotatable bonds is 7. The molecule has 3 aromatic rings. The van der Waals surface area contributed by atoms with E-state index in [2.05, 4.69) is 25.3 Å². The van der Waals surface area contributed by atoms with Gasteiger partial charge in [0.2, 0.25) is 10.0 Å². The minimum Gasteiger partial charge on any atom is -0.372 e. The lowest BCUT2D eigenvalue weighted by Gasteiger charge is -2.16. The maximum atomic E-state index is 14.5. The van der Waals surface area contributed by atoms with Gasteiger partial charge in [0, 0.05) is 12.7 Å². The van der Waals surface area contributed by atoms with Crippen LogP contribution in [-0.2, 0) is 10.0 Å². The van der Waals surface area contributed by atoms with E-state index in [1.807, 2.05) is 0 Å². The van der Waals surface area contributed by atoms with Crippen molar-refractivity contribution in [2.45, 2.75) is 20.3 Å². The van der Waals surface area contributed by atoms with Crippen molar-refractivity contribution in [1.29, 1.82) is 0 Å². The molecule has 1 heterocycles. The minimum absolute atomic E-state index is 0.00369. The first-order valence-corrected chi connectivity index (χ1v) is 10.5. The summed E-state index contributed by atoms with van der Waals surface area (Å²) in [6.45, 7) is 3.45. The van der Waals surface area contributed by atoms with Crippen molar-refractivity contribution in [3.8, 4) is 0 Å². The Morgan fingerprint density at radius 1 is 1.14 bits per heavy atom. The molecule has 0 fully saturated rings. The Labute approximate surface area is 163 Å². The summed E-state index contributed by atoms with van der Waals surface area (Å²) in [5, 5.41) is 5.96. The molecule has 0 saturated carbocycles. The van der Waals surface area contributed by atoms with Gasteiger partial charge in [-0.3, -0.25) is 9.71 Å². The standard InChI is InChI=1S/C19H22FN5O2S/c1-4-9-28(26,27)25-15-8-6-14(20)19(12(15)2)23-13-5-7-16-17(10-13)24-18(21-3)11-22-16/h5-8,10-11,23,25H,4,9H2,1-3H3,(H,21,24). The average Bonchev–Trinajstić information content (AvgIpc) is 2.66. The first-order chi connectivity index (χ1) is 13.3. The van der Waals surface area contributed by atoms with Crippen LogP contribution in [0.3, 0.4) is 0 Å². The van der Waals surface area contributed by atoms with Crippen molar-refractivity contribution in [2.24, 2.45) is 0 Å². The molecule has 0 aliphatic carbocycles. The molecule has 2 aromatic carbocycles. The highest BCUT2D eigenvalue weighted by molar-refractivity contribution is 7.92. The Balaban J connectivity index is 1.95. The highest BCUT2D eigenvalue weighted by Crippen LogP contribution is 2.31. The van der Waals surface area contributed by atoms with Crippen LogP contribution in [0.25, 0.3) is 11.0 Å². The summed E-state index contributed by atoms with van der Waals surface area (Å²) in [4.78, 5) is 8.73. The zero-order valence-electron chi connectivity index (χ0n) is 15.9. The van der Waals surface area contributed by atoms with Crippen molar-refractivity contribution in [3.63, 3.8) is 0 Å². The number of hydrogen-bond acceptors (Lipinski definition) is 6. The van der Waals surface area contributed by atoms with E-state index in [0.717, 1.165) is 0 Å². The van der Waals surface area contributed by atoms with Crippen LogP contribution in [0.4, 0.5) is 27.3 Å². The molecule has 3 rings (SSSR count). The maximum Gasteiger partial charge on any atom is 0.232 e. The molecule has 0 aliphatic rings. The lowest BCUT2D eigenvalue weighted by atomic mass is 10.1. The molecule has 9 heteroatoms. The molecule has 0 amide bonds. The fraction of sp³-hybridized carbons (Fsp3) is 0.263. The number of halogens is 1. The van der Waals surface area contributed by atoms with E-state index in [9.17, 15) is 12.8 Å². The average molecular weight is 403 g/mol. The van der Waals surface area contributed by atoms with Crippen molar-refractivity contribution >= 4 is 43.9 Å². The summed E-state index contributed by atoms with van der Waals surface area (Å²) >= 11 is 0. The van der Waals surface area contributed by atoms with Gasteiger partial charge in [0.15, 0.2) is 0 Å². The van der Waals surface area contributed by atoms with Crippen LogP contribution < -0.4 is 15.4 Å². The van der Waals surface area contributed by atoms with E-state index in [-0.39, 0.29) is 11.4 Å². The van der Waals surface area contributed by atoms with Crippen LogP contribution in [0.5, 0.6) is 0 Å². The lowest BCUT2D eigenvalue weighted by Crippen LogP contribution is -2.17. The van der Waals surface area contributed by atoms with Gasteiger partial charge in [0.1, 0.15) is 11.6 Å². The Morgan fingerprint density at radius 3 is 2.64 bits per heavy atom. The number of benzene rings is 2. The van der Waals surface area contributed by atoms with E-state index in [0.29, 0.717) is 40.2 Å². The van der Waals surface area contributed by atoms with Gasteiger partial charge in [-0.1, -0.05) is 6.92 Å². The van der Waals surface area contributed by atoms with E-state index in [1.54, 1.807) is 45.3 Å². The normalized spacial score (nSPS) is 11.4. The van der Waals surface area contributed by atoms with Crippen molar-refractivity contribution in [1.82, 2.24) is 9.97 Å². The number of hydrogen-bond donors (Lipinski definition) is 3. The molecule has 28 heavy (non-hydrogen) atoms. The summed E-state index contributed by atoms with van der Waals surface area (Å²) in [5.41, 5.74) is 2.99. The zero-order chi connectivity index (χ0) is 20.3. The van der Waals surface area contributed by atoms with Crippen LogP contribution in [0.15, 0.2) is 36.5 Å². The number of nitrogens with zero attached hydrogens (tertiary/aromatic N) is 2. The number of fused-ring (bicyclic) bond motifs is 1. The van der Waals surface area contributed by atoms with Gasteiger partial charge >= 0.3 is 0 Å². The van der Waals surface area contributed by atoms with E-state index in [1.165, 1.54) is 12.1 Å². The molecule has 0 spiro atoms. The van der Waals surface area contributed by atoms with Gasteiger partial charge in [-0.05, 0) is 49.2 Å². The third-order valence-corrected chi connectivity index (χ3v) is 5.70. The van der Waals surface area contributed by atoms with E-state index in [4.69, 9.17) is 0 Å². The van der Waals surface area contributed by atoms with Gasteiger partial charge in [-0.15, -0.1) is 0 Å². The zero-order valence-corrected chi connectivity index (χ0v) is 16.7. The molecule has 0 unspecified atom stereocenters. The molecule has 3 N–H and O–H groups in total. The fourth-order valence-electron chi connectivity index (χ4n) is 2.78. The smallest absolute Gasteiger partial charge is 0.232 e. The summed E-state index contributed by atoms with van der Waals surface area (Å²) in [5.74, 6) is 0.148. The van der Waals surface area contributed by atoms with E-state index < -0.39 is 15.8 Å². The first-order valence-electron chi connectivity index (χ1n) is 8.84. The Hall–Kier alpha value is -2.94. The highest BCUT2D eigenvalue weighted by atomic mass is 32.2. The molecule has 0 radical (unpaired) electrons. The highest BCUT2D eigenvalue weighted by Gasteiger charge is 2.15. The van der Waals surface area contributed by atoms with Crippen molar-refractivity contribution < 1.29 is 12.8 Å². The molecule has 1 aromatic heterocycles. The predicted octanol–water partition coefficient (Wildman–Crippen LogP) is 4.01. The Morgan fingerprint density at radius 2 is 1.93 bits per heavy atom. The maximum absolute atomic E-state index is 14.5. The van der Waals surface area contributed by atoms with Crippen LogP contribution in [-0.4, -0.2) is 31.2 Å². The SMILES string of the molecule is CCCS(=O)(=O)Nc1ccc(F)c(Nc2ccc3ncc(NC)nc3c2)c1C. The Bertz CT molecular complexity index is 1120. The van der Waals surface area contributed by atoms with Crippen LogP contribution in [0, 0.1) is 12.7 Å². The molecular formula is C19H22FN5O2S. The monoisotopic (exact) mass is 403 g/mol. The lowest BCUT2D eigenvalue weighted by molar-refractivity contribution is 0.599. The van der Waals surface area contributed by atoms with Crippen molar-refractivity contribution in [2.75, 3.05) is 28.2 Å². The quantitative estimate of drug-likeness (QED) is 0.552. The van der Waals surface area contributed by atoms with Gasteiger partial charge in [-0.2, -0.15) is 0 Å². The number of nitrogens with one attached hydrogen (secondary N) is 3. The second-order valence-electron chi connectivity index (χ2n) is 6.35. The summed E-state index contributed by atoms with van der Waals surface area (Å²) in [6.07, 6.45) is 2.12. The second kappa shape index (κ2) is 7.97. The third-order valence-electron chi connectivity index (χ3n) is 4.22. The van der Waals surface area contributed by atoms with Crippen molar-refractivity contribution in [3.05, 3.63) is 47.9 Å². The largest absolute Gasteiger partial charge is 0.372 e. The van der Waals surface area contributed by atoms with Gasteiger partial charge in [0.05, 0.1) is 34.4 Å². The number of aromatic nitrogens is 2. The van der Waals surface area contributed by atoms with Gasteiger partial charge in [-0.25, -0.2) is 17.8 Å². The molecule has 0 bridgehead atoms. The molecule has 0 atom stereocenters. The van der Waals surface area contributed by atoms with Crippen LogP contribution in [0.1, 0.15) is 18.9 Å². The summed E-state index contributed by atoms with van der Waals surface area (Å²) in [6, 6.07) is 7.97. The second-order valence-corrected chi connectivity index (χ2v) is 8.19. The van der Waals surface area contributed by atoms with E-state index >= 15 is 0 Å². The number of anilines is 4. The Kier molecular flexibility index (Phi) is 5.64. The summed E-state index contributed by atoms with van der Waals surface area (Å²) < 4.78 is 41.1. The molecule has 7 nitrogen and oxygen atoms in total. The molecule has 0 saturated heterocycles. The topological polar surface area (TPSA) is 96.0 Å². The fourth-order valence-corrected chi connectivity index (χ4v) is 3.98. The molecular weight excluding hydrogens is 381 g/mol. The summed E-state index contributed by atoms with van der Waals surface area (Å²) in [7, 11) is -1.72. The number of sulfonamides is 1. The third kappa shape index (κ3) is 4.30. The predicted molar refractivity (Wildman–Crippen MR) is 111 cm³/mol. The van der Waals surface area contributed by atoms with Crippen LogP contribution in [0.2, 0.25) is 0 Å².